The summed E-state index contributed by atoms with van der Waals surface area (Å²) in [4.78, 5) is 29.6. The van der Waals surface area contributed by atoms with E-state index in [9.17, 15) is 9.59 Å². The molecule has 0 saturated carbocycles. The van der Waals surface area contributed by atoms with Gasteiger partial charge in [-0.3, -0.25) is 0 Å². The van der Waals surface area contributed by atoms with Gasteiger partial charge in [0, 0.05) is 12.6 Å². The number of benzene rings is 1. The van der Waals surface area contributed by atoms with E-state index in [1.165, 1.54) is 6.33 Å². The molecule has 0 aliphatic carbocycles. The summed E-state index contributed by atoms with van der Waals surface area (Å²) in [6.07, 6.45) is 2.27. The van der Waals surface area contributed by atoms with Gasteiger partial charge in [0.15, 0.2) is 0 Å². The van der Waals surface area contributed by atoms with Crippen molar-refractivity contribution in [2.24, 2.45) is 0 Å². The largest absolute Gasteiger partial charge is 0.497 e. The van der Waals surface area contributed by atoms with Crippen LogP contribution in [0.2, 0.25) is 0 Å². The number of carboxylic acids is 1. The first kappa shape index (κ1) is 16.3. The number of methoxy groups -OCH3 is 1. The molecule has 0 fully saturated rings. The van der Waals surface area contributed by atoms with Gasteiger partial charge in [0.05, 0.1) is 19.1 Å². The van der Waals surface area contributed by atoms with Gasteiger partial charge in [-0.2, -0.15) is 0 Å². The fourth-order valence-electron chi connectivity index (χ4n) is 1.87. The molecule has 1 amide bonds. The Labute approximate surface area is 132 Å². The second kappa shape index (κ2) is 7.83. The van der Waals surface area contributed by atoms with Crippen LogP contribution in [0.25, 0.3) is 0 Å². The molecule has 0 unspecified atom stereocenters. The van der Waals surface area contributed by atoms with Crippen LogP contribution >= 0.6 is 0 Å². The molecule has 2 rings (SSSR count). The van der Waals surface area contributed by atoms with Crippen LogP contribution < -0.4 is 10.1 Å². The Hall–Kier alpha value is -3.03. The molecule has 122 valence electrons. The van der Waals surface area contributed by atoms with Crippen molar-refractivity contribution in [3.8, 4) is 5.75 Å². The highest BCUT2D eigenvalue weighted by molar-refractivity contribution is 5.80. The first-order valence-electron chi connectivity index (χ1n) is 6.85. The zero-order valence-electron chi connectivity index (χ0n) is 12.5. The predicted molar refractivity (Wildman–Crippen MR) is 80.0 cm³/mol. The van der Waals surface area contributed by atoms with Crippen molar-refractivity contribution in [3.63, 3.8) is 0 Å². The van der Waals surface area contributed by atoms with Gasteiger partial charge in [-0.25, -0.2) is 14.6 Å². The van der Waals surface area contributed by atoms with Gasteiger partial charge in [-0.1, -0.05) is 12.1 Å². The third-order valence-corrected chi connectivity index (χ3v) is 3.09. The lowest BCUT2D eigenvalue weighted by atomic mass is 10.2. The molecule has 0 spiro atoms. The Morgan fingerprint density at radius 3 is 2.65 bits per heavy atom. The third-order valence-electron chi connectivity index (χ3n) is 3.09. The number of carboxylic acid groups (broad SMARTS) is 1. The molecule has 1 heterocycles. The molecule has 0 aliphatic rings. The number of aromatic nitrogens is 2. The van der Waals surface area contributed by atoms with Gasteiger partial charge in [-0.05, 0) is 17.7 Å². The number of amides is 1. The quantitative estimate of drug-likeness (QED) is 0.709. The minimum atomic E-state index is -1.16. The van der Waals surface area contributed by atoms with Gasteiger partial charge in [0.25, 0.3) is 0 Å². The SMILES string of the molecule is COc1ccc(COC(=O)N[C@@H](Cc2c[nH]cn2)C(=O)O)cc1. The number of hydrogen-bond donors (Lipinski definition) is 3. The van der Waals surface area contributed by atoms with E-state index < -0.39 is 18.1 Å². The first-order valence-corrected chi connectivity index (χ1v) is 6.85. The van der Waals surface area contributed by atoms with Crippen molar-refractivity contribution in [1.82, 2.24) is 15.3 Å². The molecular formula is C15H17N3O5. The molecule has 1 aromatic carbocycles. The molecule has 8 nitrogen and oxygen atoms in total. The van der Waals surface area contributed by atoms with Crippen molar-refractivity contribution in [2.75, 3.05) is 7.11 Å². The number of hydrogen-bond acceptors (Lipinski definition) is 5. The summed E-state index contributed by atoms with van der Waals surface area (Å²) in [5.41, 5.74) is 1.30. The number of aliphatic carboxylic acids is 1. The summed E-state index contributed by atoms with van der Waals surface area (Å²) in [5.74, 6) is -0.461. The van der Waals surface area contributed by atoms with Crippen LogP contribution in [-0.4, -0.2) is 40.3 Å². The summed E-state index contributed by atoms with van der Waals surface area (Å²) >= 11 is 0. The van der Waals surface area contributed by atoms with E-state index in [2.05, 4.69) is 15.3 Å². The molecule has 0 aliphatic heterocycles. The van der Waals surface area contributed by atoms with Gasteiger partial charge in [0.2, 0.25) is 0 Å². The Morgan fingerprint density at radius 1 is 1.35 bits per heavy atom. The Bertz CT molecular complexity index is 640. The summed E-state index contributed by atoms with van der Waals surface area (Å²) in [5, 5.41) is 11.4. The normalized spacial score (nSPS) is 11.5. The van der Waals surface area contributed by atoms with E-state index in [-0.39, 0.29) is 13.0 Å². The Balaban J connectivity index is 1.84. The minimum Gasteiger partial charge on any atom is -0.497 e. The molecule has 3 N–H and O–H groups in total. The zero-order chi connectivity index (χ0) is 16.7. The second-order valence-corrected chi connectivity index (χ2v) is 4.72. The van der Waals surface area contributed by atoms with E-state index >= 15 is 0 Å². The molecule has 1 aromatic heterocycles. The predicted octanol–water partition coefficient (Wildman–Crippen LogP) is 1.34. The van der Waals surface area contributed by atoms with Crippen LogP contribution in [0.4, 0.5) is 4.79 Å². The van der Waals surface area contributed by atoms with Crippen molar-refractivity contribution in [2.45, 2.75) is 19.1 Å². The average molecular weight is 319 g/mol. The summed E-state index contributed by atoms with van der Waals surface area (Å²) in [7, 11) is 1.56. The van der Waals surface area contributed by atoms with Crippen LogP contribution in [0, 0.1) is 0 Å². The molecule has 8 heteroatoms. The lowest BCUT2D eigenvalue weighted by Gasteiger charge is -2.13. The topological polar surface area (TPSA) is 114 Å². The number of rotatable bonds is 7. The third kappa shape index (κ3) is 5.03. The number of alkyl carbamates (subject to hydrolysis) is 1. The highest BCUT2D eigenvalue weighted by Crippen LogP contribution is 2.12. The van der Waals surface area contributed by atoms with E-state index in [1.807, 2.05) is 0 Å². The van der Waals surface area contributed by atoms with Crippen molar-refractivity contribution >= 4 is 12.1 Å². The van der Waals surface area contributed by atoms with Gasteiger partial charge >= 0.3 is 12.1 Å². The van der Waals surface area contributed by atoms with Crippen LogP contribution in [0.5, 0.6) is 5.75 Å². The van der Waals surface area contributed by atoms with Crippen molar-refractivity contribution < 1.29 is 24.2 Å². The number of nitrogens with zero attached hydrogens (tertiary/aromatic N) is 1. The number of aromatic amines is 1. The standard InChI is InChI=1S/C15H17N3O5/c1-22-12-4-2-10(3-5-12)8-23-15(21)18-13(14(19)20)6-11-7-16-9-17-11/h2-5,7,9,13H,6,8H2,1H3,(H,16,17)(H,18,21)(H,19,20)/t13-/m0/s1. The van der Waals surface area contributed by atoms with Crippen LogP contribution in [0.3, 0.4) is 0 Å². The van der Waals surface area contributed by atoms with E-state index in [0.29, 0.717) is 11.4 Å². The molecule has 2 aromatic rings. The lowest BCUT2D eigenvalue weighted by Crippen LogP contribution is -2.42. The maximum absolute atomic E-state index is 11.7. The summed E-state index contributed by atoms with van der Waals surface area (Å²) < 4.78 is 10.0. The molecule has 0 bridgehead atoms. The number of H-pyrrole nitrogens is 1. The summed E-state index contributed by atoms with van der Waals surface area (Å²) in [6, 6.07) is 5.89. The van der Waals surface area contributed by atoms with E-state index in [1.54, 1.807) is 37.6 Å². The first-order chi connectivity index (χ1) is 11.1. The number of imidazole rings is 1. The van der Waals surface area contributed by atoms with Crippen LogP contribution in [-0.2, 0) is 22.6 Å². The number of carbonyl (C=O) groups excluding carboxylic acids is 1. The maximum atomic E-state index is 11.7. The Morgan fingerprint density at radius 2 is 2.09 bits per heavy atom. The number of ether oxygens (including phenoxy) is 2. The van der Waals surface area contributed by atoms with Crippen LogP contribution in [0.15, 0.2) is 36.8 Å². The smallest absolute Gasteiger partial charge is 0.408 e. The van der Waals surface area contributed by atoms with Gasteiger partial charge < -0.3 is 24.9 Å². The van der Waals surface area contributed by atoms with E-state index in [4.69, 9.17) is 14.6 Å². The van der Waals surface area contributed by atoms with Gasteiger partial charge in [-0.15, -0.1) is 0 Å². The monoisotopic (exact) mass is 319 g/mol. The van der Waals surface area contributed by atoms with Crippen molar-refractivity contribution in [1.29, 1.82) is 0 Å². The highest BCUT2D eigenvalue weighted by atomic mass is 16.5. The van der Waals surface area contributed by atoms with Crippen LogP contribution in [0.1, 0.15) is 11.3 Å². The summed E-state index contributed by atoms with van der Waals surface area (Å²) in [6.45, 7) is 0.0323. The molecule has 1 atom stereocenters. The Kier molecular flexibility index (Phi) is 5.56. The molecular weight excluding hydrogens is 302 g/mol. The maximum Gasteiger partial charge on any atom is 0.408 e. The molecule has 0 radical (unpaired) electrons. The van der Waals surface area contributed by atoms with Gasteiger partial charge in [0.1, 0.15) is 18.4 Å². The van der Waals surface area contributed by atoms with E-state index in [0.717, 1.165) is 5.56 Å². The average Bonchev–Trinajstić information content (AvgIpc) is 3.06. The van der Waals surface area contributed by atoms with Crippen molar-refractivity contribution in [3.05, 3.63) is 48.0 Å². The lowest BCUT2D eigenvalue weighted by molar-refractivity contribution is -0.139. The fraction of sp³-hybridized carbons (Fsp3) is 0.267. The fourth-order valence-corrected chi connectivity index (χ4v) is 1.87. The molecule has 23 heavy (non-hydrogen) atoms. The second-order valence-electron chi connectivity index (χ2n) is 4.72. The zero-order valence-corrected chi connectivity index (χ0v) is 12.5. The molecule has 0 saturated heterocycles. The minimum absolute atomic E-state index is 0.0323. The number of carbonyl (C=O) groups is 2. The highest BCUT2D eigenvalue weighted by Gasteiger charge is 2.22. The number of nitrogens with one attached hydrogen (secondary N) is 2.